The number of nitro benzene ring substituents is 1. The Hall–Kier alpha value is -3.78. The SMILES string of the molecule is CCCCn1c(CNC(=O)c2ccc([N+](=O)[O-])cc2)nnc1SC(C)C(=O)Nc1sc2c(c1C(=O)OCC)CCCC2. The Balaban J connectivity index is 1.45. The number of ether oxygens (including phenoxy) is 1. The van der Waals surface area contributed by atoms with Gasteiger partial charge in [-0.2, -0.15) is 0 Å². The van der Waals surface area contributed by atoms with Crippen LogP contribution >= 0.6 is 23.1 Å². The molecule has 1 aromatic carbocycles. The highest BCUT2D eigenvalue weighted by Crippen LogP contribution is 2.39. The number of nitro groups is 1. The van der Waals surface area contributed by atoms with Gasteiger partial charge in [0, 0.05) is 29.1 Å². The molecule has 1 atom stereocenters. The van der Waals surface area contributed by atoms with Crippen LogP contribution in [-0.4, -0.2) is 49.3 Å². The van der Waals surface area contributed by atoms with Gasteiger partial charge in [-0.3, -0.25) is 19.7 Å². The molecule has 2 heterocycles. The molecule has 0 fully saturated rings. The molecule has 1 aliphatic carbocycles. The number of amides is 2. The van der Waals surface area contributed by atoms with E-state index in [1.54, 1.807) is 13.8 Å². The van der Waals surface area contributed by atoms with Crippen molar-refractivity contribution in [1.82, 2.24) is 20.1 Å². The van der Waals surface area contributed by atoms with E-state index in [2.05, 4.69) is 27.8 Å². The molecular formula is C28H34N6O6S2. The zero-order chi connectivity index (χ0) is 30.2. The van der Waals surface area contributed by atoms with Gasteiger partial charge in [0.15, 0.2) is 11.0 Å². The van der Waals surface area contributed by atoms with Crippen molar-refractivity contribution in [3.8, 4) is 0 Å². The molecule has 14 heteroatoms. The predicted octanol–water partition coefficient (Wildman–Crippen LogP) is 5.15. The van der Waals surface area contributed by atoms with E-state index >= 15 is 0 Å². The molecule has 0 saturated carbocycles. The van der Waals surface area contributed by atoms with Crippen molar-refractivity contribution >= 4 is 51.6 Å². The van der Waals surface area contributed by atoms with Crippen molar-refractivity contribution < 1.29 is 24.0 Å². The van der Waals surface area contributed by atoms with Crippen LogP contribution in [0.2, 0.25) is 0 Å². The molecule has 0 spiro atoms. The minimum atomic E-state index is -0.550. The van der Waals surface area contributed by atoms with Gasteiger partial charge in [0.05, 0.1) is 28.9 Å². The zero-order valence-electron chi connectivity index (χ0n) is 23.8. The monoisotopic (exact) mass is 614 g/mol. The molecule has 0 radical (unpaired) electrons. The van der Waals surface area contributed by atoms with Crippen molar-refractivity contribution in [2.75, 3.05) is 11.9 Å². The van der Waals surface area contributed by atoms with E-state index in [-0.39, 0.29) is 30.3 Å². The van der Waals surface area contributed by atoms with Gasteiger partial charge in [-0.15, -0.1) is 21.5 Å². The van der Waals surface area contributed by atoms with Gasteiger partial charge in [0.1, 0.15) is 5.00 Å². The number of unbranched alkanes of at least 4 members (excludes halogenated alkanes) is 1. The number of carbonyl (C=O) groups excluding carboxylic acids is 3. The number of thiophene rings is 1. The Bertz CT molecular complexity index is 1450. The number of thioether (sulfide) groups is 1. The van der Waals surface area contributed by atoms with Gasteiger partial charge < -0.3 is 19.9 Å². The van der Waals surface area contributed by atoms with Crippen LogP contribution < -0.4 is 10.6 Å². The largest absolute Gasteiger partial charge is 0.462 e. The van der Waals surface area contributed by atoms with Crippen LogP contribution in [0.4, 0.5) is 10.7 Å². The van der Waals surface area contributed by atoms with E-state index in [1.807, 2.05) is 4.57 Å². The number of carbonyl (C=O) groups is 3. The highest BCUT2D eigenvalue weighted by Gasteiger charge is 2.29. The maximum Gasteiger partial charge on any atom is 0.341 e. The summed E-state index contributed by atoms with van der Waals surface area (Å²) in [6, 6.07) is 5.35. The minimum absolute atomic E-state index is 0.0946. The highest BCUT2D eigenvalue weighted by atomic mass is 32.2. The summed E-state index contributed by atoms with van der Waals surface area (Å²) in [5.74, 6) is -0.535. The third kappa shape index (κ3) is 7.34. The Morgan fingerprint density at radius 2 is 1.90 bits per heavy atom. The van der Waals surface area contributed by atoms with Gasteiger partial charge >= 0.3 is 5.97 Å². The first-order valence-corrected chi connectivity index (χ1v) is 15.7. The molecule has 2 N–H and O–H groups in total. The van der Waals surface area contributed by atoms with E-state index in [9.17, 15) is 24.5 Å². The third-order valence-electron chi connectivity index (χ3n) is 6.82. The second-order valence-corrected chi connectivity index (χ2v) is 12.2. The van der Waals surface area contributed by atoms with Crippen LogP contribution in [0, 0.1) is 10.1 Å². The number of non-ortho nitro benzene ring substituents is 1. The number of anilines is 1. The summed E-state index contributed by atoms with van der Waals surface area (Å²) < 4.78 is 7.19. The molecule has 4 rings (SSSR count). The molecule has 2 aromatic heterocycles. The average molecular weight is 615 g/mol. The smallest absolute Gasteiger partial charge is 0.341 e. The number of nitrogens with zero attached hydrogens (tertiary/aromatic N) is 4. The van der Waals surface area contributed by atoms with Crippen LogP contribution in [0.15, 0.2) is 29.4 Å². The quantitative estimate of drug-likeness (QED) is 0.115. The van der Waals surface area contributed by atoms with E-state index < -0.39 is 22.0 Å². The van der Waals surface area contributed by atoms with E-state index in [0.717, 1.165) is 49.0 Å². The number of aromatic nitrogens is 3. The Kier molecular flexibility index (Phi) is 10.7. The van der Waals surface area contributed by atoms with E-state index in [1.165, 1.54) is 47.4 Å². The Morgan fingerprint density at radius 3 is 2.60 bits per heavy atom. The van der Waals surface area contributed by atoms with Crippen LogP contribution in [0.3, 0.4) is 0 Å². The Morgan fingerprint density at radius 1 is 1.17 bits per heavy atom. The molecule has 42 heavy (non-hydrogen) atoms. The molecule has 0 bridgehead atoms. The van der Waals surface area contributed by atoms with Gasteiger partial charge in [0.2, 0.25) is 5.91 Å². The van der Waals surface area contributed by atoms with Crippen LogP contribution in [0.1, 0.15) is 83.4 Å². The fraction of sp³-hybridized carbons (Fsp3) is 0.464. The van der Waals surface area contributed by atoms with Crippen molar-refractivity contribution in [1.29, 1.82) is 0 Å². The Labute approximate surface area is 251 Å². The first-order chi connectivity index (χ1) is 20.2. The first kappa shape index (κ1) is 31.2. The number of hydrogen-bond acceptors (Lipinski definition) is 10. The number of esters is 1. The first-order valence-electron chi connectivity index (χ1n) is 14.0. The lowest BCUT2D eigenvalue weighted by Crippen LogP contribution is -2.25. The molecule has 224 valence electrons. The van der Waals surface area contributed by atoms with Crippen LogP contribution in [0.5, 0.6) is 0 Å². The van der Waals surface area contributed by atoms with Crippen LogP contribution in [-0.2, 0) is 35.5 Å². The lowest BCUT2D eigenvalue weighted by molar-refractivity contribution is -0.384. The lowest BCUT2D eigenvalue weighted by atomic mass is 9.95. The third-order valence-corrected chi connectivity index (χ3v) is 9.10. The predicted molar refractivity (Wildman–Crippen MR) is 160 cm³/mol. The zero-order valence-corrected chi connectivity index (χ0v) is 25.4. The van der Waals surface area contributed by atoms with Gasteiger partial charge in [-0.1, -0.05) is 25.1 Å². The molecule has 2 amide bonds. The highest BCUT2D eigenvalue weighted by molar-refractivity contribution is 8.00. The summed E-state index contributed by atoms with van der Waals surface area (Å²) in [7, 11) is 0. The molecule has 1 aliphatic rings. The van der Waals surface area contributed by atoms with Crippen molar-refractivity contribution in [3.05, 3.63) is 61.8 Å². The molecule has 0 saturated heterocycles. The van der Waals surface area contributed by atoms with Crippen molar-refractivity contribution in [3.63, 3.8) is 0 Å². The summed E-state index contributed by atoms with van der Waals surface area (Å²) in [4.78, 5) is 50.2. The summed E-state index contributed by atoms with van der Waals surface area (Å²) in [6.45, 7) is 6.55. The standard InChI is InChI=1S/C28H34N6O6S2/c1-4-6-15-33-22(16-29-25(36)18-11-13-19(14-12-18)34(38)39)31-32-28(33)41-17(3)24(35)30-26-23(27(37)40-5-2)20-9-7-8-10-21(20)42-26/h11-14,17H,4-10,15-16H2,1-3H3,(H,29,36)(H,30,35). The topological polar surface area (TPSA) is 158 Å². The van der Waals surface area contributed by atoms with E-state index in [0.29, 0.717) is 28.1 Å². The maximum absolute atomic E-state index is 13.3. The minimum Gasteiger partial charge on any atom is -0.462 e. The van der Waals surface area contributed by atoms with Crippen LogP contribution in [0.25, 0.3) is 0 Å². The van der Waals surface area contributed by atoms with Gasteiger partial charge in [-0.05, 0) is 63.6 Å². The summed E-state index contributed by atoms with van der Waals surface area (Å²) >= 11 is 2.70. The fourth-order valence-electron chi connectivity index (χ4n) is 4.57. The second-order valence-electron chi connectivity index (χ2n) is 9.78. The lowest BCUT2D eigenvalue weighted by Gasteiger charge is -2.14. The molecule has 3 aromatic rings. The summed E-state index contributed by atoms with van der Waals surface area (Å²) in [5, 5.41) is 25.7. The molecule has 12 nitrogen and oxygen atoms in total. The van der Waals surface area contributed by atoms with Crippen molar-refractivity contribution in [2.24, 2.45) is 0 Å². The number of hydrogen-bond donors (Lipinski definition) is 2. The normalized spacial score (nSPS) is 13.2. The number of rotatable bonds is 13. The van der Waals surface area contributed by atoms with Gasteiger partial charge in [0.25, 0.3) is 11.6 Å². The molecule has 1 unspecified atom stereocenters. The van der Waals surface area contributed by atoms with E-state index in [4.69, 9.17) is 4.74 Å². The molecular weight excluding hydrogens is 580 g/mol. The van der Waals surface area contributed by atoms with Crippen molar-refractivity contribution in [2.45, 2.75) is 82.8 Å². The summed E-state index contributed by atoms with van der Waals surface area (Å²) in [6.07, 6.45) is 5.51. The number of nitrogens with one attached hydrogen (secondary N) is 2. The number of aryl methyl sites for hydroxylation is 1. The maximum atomic E-state index is 13.3. The van der Waals surface area contributed by atoms with Gasteiger partial charge in [-0.25, -0.2) is 4.79 Å². The fourth-order valence-corrected chi connectivity index (χ4v) is 6.75. The number of benzene rings is 1. The number of fused-ring (bicyclic) bond motifs is 1. The second kappa shape index (κ2) is 14.4. The summed E-state index contributed by atoms with van der Waals surface area (Å²) in [5.41, 5.74) is 1.65. The molecule has 0 aliphatic heterocycles. The average Bonchev–Trinajstić information content (AvgIpc) is 3.54.